The molecule has 102 valence electrons. The Kier molecular flexibility index (Phi) is 5.47. The third-order valence-electron chi connectivity index (χ3n) is 2.64. The van der Waals surface area contributed by atoms with Crippen LogP contribution < -0.4 is 4.90 Å². The Morgan fingerprint density at radius 1 is 1.28 bits per heavy atom. The number of aryl methyl sites for hydroxylation is 1. The van der Waals surface area contributed by atoms with Gasteiger partial charge in [-0.2, -0.15) is 13.2 Å². The average Bonchev–Trinajstić information content (AvgIpc) is 2.33. The van der Waals surface area contributed by atoms with E-state index in [4.69, 9.17) is 5.11 Å². The van der Waals surface area contributed by atoms with Gasteiger partial charge in [-0.15, -0.1) is 0 Å². The molecule has 1 rings (SSSR count). The largest absolute Gasteiger partial charge is 0.405 e. The lowest BCUT2D eigenvalue weighted by atomic mass is 10.1. The Hall–Kier alpha value is -1.23. The summed E-state index contributed by atoms with van der Waals surface area (Å²) in [6.07, 6.45) is -3.13. The molecule has 0 saturated heterocycles. The molecule has 5 heteroatoms. The highest BCUT2D eigenvalue weighted by atomic mass is 19.4. The van der Waals surface area contributed by atoms with Crippen LogP contribution in [0.1, 0.15) is 18.9 Å². The highest BCUT2D eigenvalue weighted by Crippen LogP contribution is 2.23. The second-order valence-corrected chi connectivity index (χ2v) is 4.14. The van der Waals surface area contributed by atoms with E-state index in [0.29, 0.717) is 12.1 Å². The van der Waals surface area contributed by atoms with Gasteiger partial charge in [0.25, 0.3) is 0 Å². The summed E-state index contributed by atoms with van der Waals surface area (Å²) in [4.78, 5) is 1.26. The van der Waals surface area contributed by atoms with Crippen molar-refractivity contribution in [1.82, 2.24) is 0 Å². The summed E-state index contributed by atoms with van der Waals surface area (Å²) in [6, 6.07) is 7.09. The maximum Gasteiger partial charge on any atom is 0.405 e. The van der Waals surface area contributed by atoms with E-state index >= 15 is 0 Å². The van der Waals surface area contributed by atoms with Gasteiger partial charge < -0.3 is 10.0 Å². The molecule has 0 bridgehead atoms. The van der Waals surface area contributed by atoms with Crippen molar-refractivity contribution in [2.24, 2.45) is 0 Å². The molecule has 0 aliphatic rings. The van der Waals surface area contributed by atoms with Gasteiger partial charge in [0.15, 0.2) is 0 Å². The zero-order chi connectivity index (χ0) is 13.6. The highest BCUT2D eigenvalue weighted by Gasteiger charge is 2.30. The Morgan fingerprint density at radius 3 is 2.56 bits per heavy atom. The Morgan fingerprint density at radius 2 is 2.00 bits per heavy atom. The minimum atomic E-state index is -4.24. The van der Waals surface area contributed by atoms with Crippen molar-refractivity contribution in [3.8, 4) is 0 Å². The minimum absolute atomic E-state index is 0.109. The van der Waals surface area contributed by atoms with Crippen molar-refractivity contribution in [2.45, 2.75) is 25.9 Å². The van der Waals surface area contributed by atoms with Gasteiger partial charge in [0, 0.05) is 18.8 Å². The number of aliphatic hydroxyl groups excluding tert-OH is 1. The van der Waals surface area contributed by atoms with Gasteiger partial charge in [0.05, 0.1) is 0 Å². The van der Waals surface area contributed by atoms with E-state index in [0.717, 1.165) is 12.0 Å². The molecule has 0 aliphatic carbocycles. The number of aliphatic hydroxyl groups is 1. The maximum absolute atomic E-state index is 12.5. The highest BCUT2D eigenvalue weighted by molar-refractivity contribution is 5.48. The number of hydrogen-bond donors (Lipinski definition) is 1. The van der Waals surface area contributed by atoms with Gasteiger partial charge in [-0.1, -0.05) is 19.1 Å². The molecule has 1 aromatic carbocycles. The lowest BCUT2D eigenvalue weighted by Gasteiger charge is -2.26. The van der Waals surface area contributed by atoms with Gasteiger partial charge in [0.2, 0.25) is 0 Å². The van der Waals surface area contributed by atoms with Crippen molar-refractivity contribution in [1.29, 1.82) is 0 Å². The Bertz CT molecular complexity index is 365. The summed E-state index contributed by atoms with van der Waals surface area (Å²) >= 11 is 0. The fourth-order valence-corrected chi connectivity index (χ4v) is 1.75. The van der Waals surface area contributed by atoms with Gasteiger partial charge in [-0.25, -0.2) is 0 Å². The summed E-state index contributed by atoms with van der Waals surface area (Å²) in [5, 5.41) is 8.75. The molecule has 0 unspecified atom stereocenters. The van der Waals surface area contributed by atoms with Crippen molar-refractivity contribution in [3.63, 3.8) is 0 Å². The first-order valence-corrected chi connectivity index (χ1v) is 5.97. The molecule has 2 nitrogen and oxygen atoms in total. The van der Waals surface area contributed by atoms with Crippen molar-refractivity contribution >= 4 is 5.69 Å². The topological polar surface area (TPSA) is 23.5 Å². The molecule has 0 amide bonds. The molecule has 0 saturated carbocycles. The van der Waals surface area contributed by atoms with E-state index in [1.165, 1.54) is 4.90 Å². The smallest absolute Gasteiger partial charge is 0.396 e. The molecule has 0 spiro atoms. The third-order valence-corrected chi connectivity index (χ3v) is 2.64. The monoisotopic (exact) mass is 261 g/mol. The summed E-state index contributed by atoms with van der Waals surface area (Å²) in [6.45, 7) is 1.06. The summed E-state index contributed by atoms with van der Waals surface area (Å²) < 4.78 is 37.5. The number of hydrogen-bond acceptors (Lipinski definition) is 2. The lowest BCUT2D eigenvalue weighted by molar-refractivity contribution is -0.119. The van der Waals surface area contributed by atoms with Crippen LogP contribution in [0.4, 0.5) is 18.9 Å². The molecule has 18 heavy (non-hydrogen) atoms. The second-order valence-electron chi connectivity index (χ2n) is 4.14. The summed E-state index contributed by atoms with van der Waals surface area (Å²) in [5.74, 6) is 0. The zero-order valence-electron chi connectivity index (χ0n) is 10.4. The van der Waals surface area contributed by atoms with Crippen LogP contribution in [0, 0.1) is 0 Å². The molecular formula is C13H18F3NO. The predicted molar refractivity (Wildman–Crippen MR) is 65.8 cm³/mol. The van der Waals surface area contributed by atoms with Crippen molar-refractivity contribution < 1.29 is 18.3 Å². The number of benzene rings is 1. The third kappa shape index (κ3) is 4.96. The van der Waals surface area contributed by atoms with E-state index in [2.05, 4.69) is 0 Å². The average molecular weight is 261 g/mol. The first kappa shape index (κ1) is 14.8. The quantitative estimate of drug-likeness (QED) is 0.851. The standard InChI is InChI=1S/C13H18F3NO/c1-2-11-5-3-6-12(9-11)17(7-4-8-18)10-13(14,15)16/h3,5-6,9,18H,2,4,7-8,10H2,1H3. The zero-order valence-corrected chi connectivity index (χ0v) is 10.4. The number of halogens is 3. The SMILES string of the molecule is CCc1cccc(N(CCCO)CC(F)(F)F)c1. The first-order valence-electron chi connectivity index (χ1n) is 5.97. The number of nitrogens with zero attached hydrogens (tertiary/aromatic N) is 1. The van der Waals surface area contributed by atoms with Crippen LogP contribution in [0.15, 0.2) is 24.3 Å². The molecule has 0 aromatic heterocycles. The van der Waals surface area contributed by atoms with Crippen LogP contribution in [0.25, 0.3) is 0 Å². The van der Waals surface area contributed by atoms with Gasteiger partial charge in [-0.3, -0.25) is 0 Å². The van der Waals surface area contributed by atoms with Gasteiger partial charge in [0.1, 0.15) is 6.54 Å². The second kappa shape index (κ2) is 6.64. The predicted octanol–water partition coefficient (Wildman–Crippen LogP) is 3.00. The molecule has 0 heterocycles. The van der Waals surface area contributed by atoms with Crippen molar-refractivity contribution in [3.05, 3.63) is 29.8 Å². The summed E-state index contributed by atoms with van der Waals surface area (Å²) in [5.41, 5.74) is 1.56. The van der Waals surface area contributed by atoms with E-state index < -0.39 is 12.7 Å². The van der Waals surface area contributed by atoms with E-state index in [-0.39, 0.29) is 13.2 Å². The molecule has 0 radical (unpaired) electrons. The van der Waals surface area contributed by atoms with Crippen LogP contribution in [-0.4, -0.2) is 31.0 Å². The van der Waals surface area contributed by atoms with Crippen LogP contribution in [-0.2, 0) is 6.42 Å². The Labute approximate surface area is 105 Å². The summed E-state index contributed by atoms with van der Waals surface area (Å²) in [7, 11) is 0. The fourth-order valence-electron chi connectivity index (χ4n) is 1.75. The van der Waals surface area contributed by atoms with Crippen LogP contribution in [0.3, 0.4) is 0 Å². The molecule has 1 N–H and O–H groups in total. The maximum atomic E-state index is 12.5. The number of rotatable bonds is 6. The molecule has 0 aliphatic heterocycles. The van der Waals surface area contributed by atoms with Crippen molar-refractivity contribution in [2.75, 3.05) is 24.6 Å². The Balaban J connectivity index is 2.86. The van der Waals surface area contributed by atoms with Crippen LogP contribution in [0.5, 0.6) is 0 Å². The lowest BCUT2D eigenvalue weighted by Crippen LogP contribution is -2.35. The first-order chi connectivity index (χ1) is 8.46. The van der Waals surface area contributed by atoms with Crippen LogP contribution in [0.2, 0.25) is 0 Å². The normalized spacial score (nSPS) is 11.6. The van der Waals surface area contributed by atoms with Gasteiger partial charge >= 0.3 is 6.18 Å². The molecular weight excluding hydrogens is 243 g/mol. The van der Waals surface area contributed by atoms with Crippen LogP contribution >= 0.6 is 0 Å². The molecule has 0 fully saturated rings. The fraction of sp³-hybridized carbons (Fsp3) is 0.538. The van der Waals surface area contributed by atoms with E-state index in [1.54, 1.807) is 18.2 Å². The van der Waals surface area contributed by atoms with E-state index in [9.17, 15) is 13.2 Å². The van der Waals surface area contributed by atoms with E-state index in [1.807, 2.05) is 13.0 Å². The minimum Gasteiger partial charge on any atom is -0.396 e. The number of alkyl halides is 3. The van der Waals surface area contributed by atoms with Gasteiger partial charge in [-0.05, 0) is 30.5 Å². The molecule has 0 atom stereocenters. The number of anilines is 1. The molecule has 1 aromatic rings.